The van der Waals surface area contributed by atoms with Crippen molar-refractivity contribution in [1.82, 2.24) is 4.90 Å². The van der Waals surface area contributed by atoms with Gasteiger partial charge in [0.2, 0.25) is 0 Å². The zero-order chi connectivity index (χ0) is 18.0. The number of nitrogens with one attached hydrogen (secondary N) is 1. The molecule has 3 rings (SSSR count). The number of carbonyl (C=O) groups excluding carboxylic acids is 1. The highest BCUT2D eigenvalue weighted by Crippen LogP contribution is 2.35. The molecule has 0 atom stereocenters. The Kier molecular flexibility index (Phi) is 6.09. The number of rotatable bonds is 3. The third kappa shape index (κ3) is 4.39. The number of para-hydroxylation sites is 1. The summed E-state index contributed by atoms with van der Waals surface area (Å²) in [6.45, 7) is 3.66. The Morgan fingerprint density at radius 3 is 2.52 bits per heavy atom. The van der Waals surface area contributed by atoms with Crippen LogP contribution in [-0.4, -0.2) is 44.0 Å². The van der Waals surface area contributed by atoms with Gasteiger partial charge in [-0.3, -0.25) is 4.79 Å². The van der Waals surface area contributed by atoms with E-state index in [1.165, 1.54) is 0 Å². The Balaban J connectivity index is 1.89. The molecule has 2 aromatic carbocycles. The summed E-state index contributed by atoms with van der Waals surface area (Å²) in [6, 6.07) is 10.9. The summed E-state index contributed by atoms with van der Waals surface area (Å²) in [7, 11) is 2.10. The first-order valence-electron chi connectivity index (χ1n) is 7.94. The number of nitrogens with zero attached hydrogens (tertiary/aromatic N) is 2. The van der Waals surface area contributed by atoms with Gasteiger partial charge in [0.1, 0.15) is 0 Å². The average molecular weight is 490 g/mol. The summed E-state index contributed by atoms with van der Waals surface area (Å²) in [5.41, 5.74) is 2.03. The van der Waals surface area contributed by atoms with Gasteiger partial charge >= 0.3 is 0 Å². The summed E-state index contributed by atoms with van der Waals surface area (Å²) in [5, 5.41) is 4.04. The molecule has 0 unspecified atom stereocenters. The van der Waals surface area contributed by atoms with E-state index in [9.17, 15) is 4.79 Å². The van der Waals surface area contributed by atoms with Crippen molar-refractivity contribution >= 4 is 63.1 Å². The standard InChI is InChI=1S/C18H18Cl2IN3O/c1-23-7-9-24(10-8-23)17-15(20)3-2-4-16(17)22-18(25)13-11-12(21)5-6-14(13)19/h2-6,11H,7-10H2,1H3,(H,22,25). The topological polar surface area (TPSA) is 35.6 Å². The van der Waals surface area contributed by atoms with Crippen LogP contribution in [0.4, 0.5) is 11.4 Å². The summed E-state index contributed by atoms with van der Waals surface area (Å²) >= 11 is 14.8. The van der Waals surface area contributed by atoms with Gasteiger partial charge in [-0.15, -0.1) is 0 Å². The SMILES string of the molecule is CN1CCN(c2c(Cl)cccc2NC(=O)c2cc(I)ccc2Cl)CC1. The van der Waals surface area contributed by atoms with Gasteiger partial charge in [0.15, 0.2) is 0 Å². The van der Waals surface area contributed by atoms with Gasteiger partial charge in [0.05, 0.1) is 27.0 Å². The van der Waals surface area contributed by atoms with E-state index in [1.54, 1.807) is 12.1 Å². The first kappa shape index (κ1) is 18.8. The molecule has 1 saturated heterocycles. The van der Waals surface area contributed by atoms with Crippen molar-refractivity contribution in [3.8, 4) is 0 Å². The number of benzene rings is 2. The fourth-order valence-electron chi connectivity index (χ4n) is 2.83. The molecule has 0 saturated carbocycles. The van der Waals surface area contributed by atoms with Crippen molar-refractivity contribution in [2.24, 2.45) is 0 Å². The summed E-state index contributed by atoms with van der Waals surface area (Å²) in [6.07, 6.45) is 0. The number of hydrogen-bond donors (Lipinski definition) is 1. The van der Waals surface area contributed by atoms with Gasteiger partial charge in [0, 0.05) is 29.7 Å². The second kappa shape index (κ2) is 8.12. The quantitative estimate of drug-likeness (QED) is 0.640. The zero-order valence-electron chi connectivity index (χ0n) is 13.7. The van der Waals surface area contributed by atoms with Crippen LogP contribution in [0.5, 0.6) is 0 Å². The van der Waals surface area contributed by atoms with E-state index in [0.29, 0.717) is 21.3 Å². The van der Waals surface area contributed by atoms with E-state index >= 15 is 0 Å². The number of likely N-dealkylation sites (N-methyl/N-ethyl adjacent to an activating group) is 1. The minimum atomic E-state index is -0.235. The average Bonchev–Trinajstić information content (AvgIpc) is 2.58. The maximum absolute atomic E-state index is 12.7. The molecule has 1 heterocycles. The largest absolute Gasteiger partial charge is 0.366 e. The number of hydrogen-bond acceptors (Lipinski definition) is 3. The third-order valence-corrected chi connectivity index (χ3v) is 5.53. The highest BCUT2D eigenvalue weighted by atomic mass is 127. The molecular formula is C18H18Cl2IN3O. The monoisotopic (exact) mass is 489 g/mol. The number of halogens is 3. The van der Waals surface area contributed by atoms with Gasteiger partial charge in [-0.05, 0) is 60.0 Å². The molecule has 132 valence electrons. The Hall–Kier alpha value is -1.02. The van der Waals surface area contributed by atoms with Crippen LogP contribution in [0, 0.1) is 3.57 Å². The molecule has 2 aromatic rings. The van der Waals surface area contributed by atoms with E-state index in [2.05, 4.69) is 44.8 Å². The lowest BCUT2D eigenvalue weighted by atomic mass is 10.1. The molecule has 7 heteroatoms. The van der Waals surface area contributed by atoms with Crippen molar-refractivity contribution in [2.45, 2.75) is 0 Å². The van der Waals surface area contributed by atoms with Crippen LogP contribution in [0.3, 0.4) is 0 Å². The predicted molar refractivity (Wildman–Crippen MR) is 113 cm³/mol. The smallest absolute Gasteiger partial charge is 0.257 e. The first-order valence-corrected chi connectivity index (χ1v) is 9.77. The molecule has 0 bridgehead atoms. The molecule has 1 fully saturated rings. The minimum absolute atomic E-state index is 0.235. The summed E-state index contributed by atoms with van der Waals surface area (Å²) in [5.74, 6) is -0.235. The number of piperazine rings is 1. The highest BCUT2D eigenvalue weighted by molar-refractivity contribution is 14.1. The highest BCUT2D eigenvalue weighted by Gasteiger charge is 2.21. The molecule has 0 radical (unpaired) electrons. The maximum atomic E-state index is 12.7. The lowest BCUT2D eigenvalue weighted by Gasteiger charge is -2.35. The maximum Gasteiger partial charge on any atom is 0.257 e. The lowest BCUT2D eigenvalue weighted by Crippen LogP contribution is -2.44. The minimum Gasteiger partial charge on any atom is -0.366 e. The van der Waals surface area contributed by atoms with Crippen LogP contribution in [0.25, 0.3) is 0 Å². The van der Waals surface area contributed by atoms with Crippen LogP contribution in [-0.2, 0) is 0 Å². The molecule has 25 heavy (non-hydrogen) atoms. The van der Waals surface area contributed by atoms with Crippen molar-refractivity contribution < 1.29 is 4.79 Å². The zero-order valence-corrected chi connectivity index (χ0v) is 17.4. The van der Waals surface area contributed by atoms with Gasteiger partial charge in [-0.25, -0.2) is 0 Å². The van der Waals surface area contributed by atoms with Crippen molar-refractivity contribution in [2.75, 3.05) is 43.4 Å². The van der Waals surface area contributed by atoms with Crippen LogP contribution >= 0.6 is 45.8 Å². The Bertz CT molecular complexity index is 792. The Morgan fingerprint density at radius 1 is 1.08 bits per heavy atom. The van der Waals surface area contributed by atoms with Crippen molar-refractivity contribution in [3.05, 3.63) is 55.6 Å². The summed E-state index contributed by atoms with van der Waals surface area (Å²) in [4.78, 5) is 17.2. The Morgan fingerprint density at radius 2 is 1.80 bits per heavy atom. The predicted octanol–water partition coefficient (Wildman–Crippen LogP) is 4.60. The van der Waals surface area contributed by atoms with E-state index in [-0.39, 0.29) is 5.91 Å². The van der Waals surface area contributed by atoms with E-state index in [1.807, 2.05) is 24.3 Å². The number of carbonyl (C=O) groups is 1. The Labute approximate surface area is 171 Å². The van der Waals surface area contributed by atoms with Crippen molar-refractivity contribution in [3.63, 3.8) is 0 Å². The molecular weight excluding hydrogens is 472 g/mol. The fourth-order valence-corrected chi connectivity index (χ4v) is 3.82. The van der Waals surface area contributed by atoms with Crippen LogP contribution in [0.1, 0.15) is 10.4 Å². The van der Waals surface area contributed by atoms with Gasteiger partial charge in [-0.1, -0.05) is 29.3 Å². The molecule has 0 spiro atoms. The van der Waals surface area contributed by atoms with E-state index in [0.717, 1.165) is 35.4 Å². The molecule has 1 amide bonds. The van der Waals surface area contributed by atoms with E-state index in [4.69, 9.17) is 23.2 Å². The van der Waals surface area contributed by atoms with Crippen LogP contribution in [0.15, 0.2) is 36.4 Å². The molecule has 1 aliphatic heterocycles. The lowest BCUT2D eigenvalue weighted by molar-refractivity contribution is 0.102. The van der Waals surface area contributed by atoms with Gasteiger partial charge in [-0.2, -0.15) is 0 Å². The second-order valence-electron chi connectivity index (χ2n) is 6.00. The normalized spacial score (nSPS) is 15.3. The third-order valence-electron chi connectivity index (χ3n) is 4.23. The molecule has 1 aliphatic rings. The van der Waals surface area contributed by atoms with Crippen LogP contribution in [0.2, 0.25) is 10.0 Å². The molecule has 0 aliphatic carbocycles. The molecule has 0 aromatic heterocycles. The number of amides is 1. The molecule has 1 N–H and O–H groups in total. The number of anilines is 2. The summed E-state index contributed by atoms with van der Waals surface area (Å²) < 4.78 is 0.956. The van der Waals surface area contributed by atoms with Gasteiger partial charge < -0.3 is 15.1 Å². The first-order chi connectivity index (χ1) is 12.0. The van der Waals surface area contributed by atoms with E-state index < -0.39 is 0 Å². The van der Waals surface area contributed by atoms with Gasteiger partial charge in [0.25, 0.3) is 5.91 Å². The second-order valence-corrected chi connectivity index (χ2v) is 8.06. The van der Waals surface area contributed by atoms with Crippen LogP contribution < -0.4 is 10.2 Å². The molecule has 4 nitrogen and oxygen atoms in total. The fraction of sp³-hybridized carbons (Fsp3) is 0.278. The van der Waals surface area contributed by atoms with Crippen molar-refractivity contribution in [1.29, 1.82) is 0 Å².